The van der Waals surface area contributed by atoms with Gasteiger partial charge in [-0.1, -0.05) is 0 Å². The molecule has 0 atom stereocenters. The smallest absolute Gasteiger partial charge is 0.263 e. The van der Waals surface area contributed by atoms with Crippen LogP contribution < -0.4 is 4.72 Å². The molecule has 6 nitrogen and oxygen atoms in total. The van der Waals surface area contributed by atoms with Gasteiger partial charge in [0.2, 0.25) is 0 Å². The molecule has 3 N–H and O–H groups in total. The number of rotatable bonds is 3. The fourth-order valence-electron chi connectivity index (χ4n) is 1.37. The Kier molecular flexibility index (Phi) is 2.47. The van der Waals surface area contributed by atoms with Gasteiger partial charge in [-0.3, -0.25) is 9.82 Å². The van der Waals surface area contributed by atoms with E-state index < -0.39 is 10.0 Å². The first kappa shape index (κ1) is 10.7. The highest BCUT2D eigenvalue weighted by molar-refractivity contribution is 7.92. The third-order valence-electron chi connectivity index (χ3n) is 2.24. The van der Waals surface area contributed by atoms with Gasteiger partial charge in [-0.2, -0.15) is 5.10 Å². The Morgan fingerprint density at radius 3 is 2.62 bits per heavy atom. The number of H-pyrrole nitrogens is 2. The zero-order chi connectivity index (χ0) is 11.8. The lowest BCUT2D eigenvalue weighted by Gasteiger charge is -2.05. The minimum absolute atomic E-state index is 0.201. The summed E-state index contributed by atoms with van der Waals surface area (Å²) in [7, 11) is -3.53. The Morgan fingerprint density at radius 1 is 1.38 bits per heavy atom. The highest BCUT2D eigenvalue weighted by atomic mass is 32.2. The summed E-state index contributed by atoms with van der Waals surface area (Å²) >= 11 is 0. The molecule has 0 aliphatic heterocycles. The molecule has 0 aliphatic rings. The van der Waals surface area contributed by atoms with Crippen LogP contribution in [-0.2, 0) is 10.0 Å². The predicted octanol–water partition coefficient (Wildman–Crippen LogP) is 1.16. The van der Waals surface area contributed by atoms with Crippen LogP contribution in [0.15, 0.2) is 23.4 Å². The normalized spacial score (nSPS) is 11.6. The maximum Gasteiger partial charge on any atom is 0.263 e. The first-order valence-electron chi connectivity index (χ1n) is 4.68. The largest absolute Gasteiger partial charge is 0.366 e. The predicted molar refractivity (Wildman–Crippen MR) is 59.7 cm³/mol. The molecule has 0 saturated heterocycles. The Balaban J connectivity index is 2.36. The van der Waals surface area contributed by atoms with Crippen molar-refractivity contribution >= 4 is 15.7 Å². The van der Waals surface area contributed by atoms with Gasteiger partial charge in [-0.15, -0.1) is 0 Å². The van der Waals surface area contributed by atoms with Crippen molar-refractivity contribution in [1.29, 1.82) is 0 Å². The molecule has 0 bridgehead atoms. The number of nitrogens with one attached hydrogen (secondary N) is 3. The number of aromatic amines is 2. The third-order valence-corrected chi connectivity index (χ3v) is 3.59. The second-order valence-electron chi connectivity index (χ2n) is 3.46. The van der Waals surface area contributed by atoms with Gasteiger partial charge in [0.05, 0.1) is 17.1 Å². The monoisotopic (exact) mass is 240 g/mol. The summed E-state index contributed by atoms with van der Waals surface area (Å²) in [5, 5.41) is 6.64. The SMILES string of the molecule is Cc1n[nH]c(C)c1NS(=O)(=O)c1cc[nH]c1. The summed E-state index contributed by atoms with van der Waals surface area (Å²) in [6.07, 6.45) is 2.98. The van der Waals surface area contributed by atoms with Crippen LogP contribution in [0.3, 0.4) is 0 Å². The lowest BCUT2D eigenvalue weighted by atomic mass is 10.3. The van der Waals surface area contributed by atoms with E-state index in [2.05, 4.69) is 19.9 Å². The van der Waals surface area contributed by atoms with Crippen molar-refractivity contribution in [2.45, 2.75) is 18.7 Å². The van der Waals surface area contributed by atoms with Gasteiger partial charge in [0.15, 0.2) is 0 Å². The van der Waals surface area contributed by atoms with Gasteiger partial charge in [-0.25, -0.2) is 8.42 Å². The van der Waals surface area contributed by atoms with Crippen LogP contribution in [0, 0.1) is 13.8 Å². The molecule has 0 amide bonds. The van der Waals surface area contributed by atoms with E-state index in [0.29, 0.717) is 17.1 Å². The summed E-state index contributed by atoms with van der Waals surface area (Å²) in [6.45, 7) is 3.49. The maximum absolute atomic E-state index is 11.9. The average molecular weight is 240 g/mol. The van der Waals surface area contributed by atoms with E-state index in [4.69, 9.17) is 0 Å². The van der Waals surface area contributed by atoms with Crippen molar-refractivity contribution in [2.75, 3.05) is 4.72 Å². The number of nitrogens with zero attached hydrogens (tertiary/aromatic N) is 1. The number of aryl methyl sites for hydroxylation is 2. The minimum Gasteiger partial charge on any atom is -0.366 e. The molecule has 16 heavy (non-hydrogen) atoms. The molecule has 0 saturated carbocycles. The van der Waals surface area contributed by atoms with Gasteiger partial charge < -0.3 is 4.98 Å². The second kappa shape index (κ2) is 3.67. The lowest BCUT2D eigenvalue weighted by Crippen LogP contribution is -2.13. The van der Waals surface area contributed by atoms with Crippen LogP contribution in [0.4, 0.5) is 5.69 Å². The maximum atomic E-state index is 11.9. The molecular weight excluding hydrogens is 228 g/mol. The number of aromatic nitrogens is 3. The van der Waals surface area contributed by atoms with Gasteiger partial charge in [0, 0.05) is 12.4 Å². The molecule has 0 fully saturated rings. The zero-order valence-corrected chi connectivity index (χ0v) is 9.72. The molecule has 86 valence electrons. The van der Waals surface area contributed by atoms with Crippen molar-refractivity contribution in [3.63, 3.8) is 0 Å². The van der Waals surface area contributed by atoms with Crippen molar-refractivity contribution < 1.29 is 8.42 Å². The Morgan fingerprint density at radius 2 is 2.12 bits per heavy atom. The zero-order valence-electron chi connectivity index (χ0n) is 8.90. The summed E-state index contributed by atoms with van der Waals surface area (Å²) in [5.41, 5.74) is 1.81. The van der Waals surface area contributed by atoms with Crippen LogP contribution in [0.5, 0.6) is 0 Å². The van der Waals surface area contributed by atoms with Gasteiger partial charge >= 0.3 is 0 Å². The summed E-state index contributed by atoms with van der Waals surface area (Å²) in [5.74, 6) is 0. The molecule has 0 aliphatic carbocycles. The van der Waals surface area contributed by atoms with Gasteiger partial charge in [-0.05, 0) is 19.9 Å². The molecule has 7 heteroatoms. The number of sulfonamides is 1. The molecule has 0 radical (unpaired) electrons. The van der Waals surface area contributed by atoms with E-state index in [1.807, 2.05) is 0 Å². The lowest BCUT2D eigenvalue weighted by molar-refractivity contribution is 0.601. The Bertz CT molecular complexity index is 564. The van der Waals surface area contributed by atoms with Gasteiger partial charge in [0.25, 0.3) is 10.0 Å². The molecule has 2 heterocycles. The third kappa shape index (κ3) is 1.81. The van der Waals surface area contributed by atoms with Crippen LogP contribution in [-0.4, -0.2) is 23.6 Å². The first-order chi connectivity index (χ1) is 7.50. The van der Waals surface area contributed by atoms with Crippen LogP contribution in [0.1, 0.15) is 11.4 Å². The quantitative estimate of drug-likeness (QED) is 0.751. The average Bonchev–Trinajstić information content (AvgIpc) is 2.83. The van der Waals surface area contributed by atoms with Crippen LogP contribution in [0.25, 0.3) is 0 Å². The van der Waals surface area contributed by atoms with Crippen LogP contribution in [0.2, 0.25) is 0 Å². The highest BCUT2D eigenvalue weighted by Crippen LogP contribution is 2.20. The molecule has 0 spiro atoms. The van der Waals surface area contributed by atoms with Gasteiger partial charge in [0.1, 0.15) is 4.90 Å². The summed E-state index contributed by atoms with van der Waals surface area (Å²) < 4.78 is 26.3. The number of anilines is 1. The standard InChI is InChI=1S/C9H12N4O2S/c1-6-9(7(2)12-11-6)13-16(14,15)8-3-4-10-5-8/h3-5,10,13H,1-2H3,(H,11,12). The van der Waals surface area contributed by atoms with Crippen molar-refractivity contribution in [1.82, 2.24) is 15.2 Å². The van der Waals surface area contributed by atoms with E-state index in [9.17, 15) is 8.42 Å². The highest BCUT2D eigenvalue weighted by Gasteiger charge is 2.17. The number of hydrogen-bond donors (Lipinski definition) is 3. The summed E-state index contributed by atoms with van der Waals surface area (Å²) in [6, 6.07) is 1.49. The van der Waals surface area contributed by atoms with E-state index in [0.717, 1.165) is 0 Å². The molecule has 2 aromatic heterocycles. The Labute approximate surface area is 93.1 Å². The fourth-order valence-corrected chi connectivity index (χ4v) is 2.53. The second-order valence-corrected chi connectivity index (χ2v) is 5.14. The van der Waals surface area contributed by atoms with E-state index in [1.54, 1.807) is 20.0 Å². The molecule has 0 aromatic carbocycles. The van der Waals surface area contributed by atoms with E-state index in [1.165, 1.54) is 12.3 Å². The van der Waals surface area contributed by atoms with E-state index in [-0.39, 0.29) is 4.90 Å². The topological polar surface area (TPSA) is 90.6 Å². The number of hydrogen-bond acceptors (Lipinski definition) is 3. The molecule has 2 aromatic rings. The van der Waals surface area contributed by atoms with Crippen LogP contribution >= 0.6 is 0 Å². The first-order valence-corrected chi connectivity index (χ1v) is 6.16. The molecule has 2 rings (SSSR count). The van der Waals surface area contributed by atoms with Crippen molar-refractivity contribution in [3.8, 4) is 0 Å². The van der Waals surface area contributed by atoms with Crippen molar-refractivity contribution in [2.24, 2.45) is 0 Å². The molecule has 0 unspecified atom stereocenters. The van der Waals surface area contributed by atoms with E-state index >= 15 is 0 Å². The minimum atomic E-state index is -3.53. The Hall–Kier alpha value is -1.76. The summed E-state index contributed by atoms with van der Waals surface area (Å²) in [4.78, 5) is 2.90. The molecular formula is C9H12N4O2S. The van der Waals surface area contributed by atoms with Crippen molar-refractivity contribution in [3.05, 3.63) is 29.8 Å². The fraction of sp³-hybridized carbons (Fsp3) is 0.222.